The van der Waals surface area contributed by atoms with E-state index >= 15 is 0 Å². The summed E-state index contributed by atoms with van der Waals surface area (Å²) in [7, 11) is -3.36. The average Bonchev–Trinajstić information content (AvgIpc) is 3.45. The zero-order chi connectivity index (χ0) is 22.0. The SMILES string of the molecule is CCS(=O)(=O)Nc1ccc(C2=NN(C(=O)c3cccs3)[C@H](c3ccc(F)cc3)C2)cc1. The second-order valence-electron chi connectivity index (χ2n) is 7.03. The largest absolute Gasteiger partial charge is 0.284 e. The molecule has 2 heterocycles. The maximum atomic E-state index is 13.4. The minimum atomic E-state index is -3.36. The van der Waals surface area contributed by atoms with Gasteiger partial charge in [-0.05, 0) is 53.8 Å². The van der Waals surface area contributed by atoms with Crippen molar-refractivity contribution in [3.8, 4) is 0 Å². The van der Waals surface area contributed by atoms with Gasteiger partial charge in [0.2, 0.25) is 10.0 Å². The smallest absolute Gasteiger partial charge is 0.284 e. The van der Waals surface area contributed by atoms with Gasteiger partial charge in [0.15, 0.2) is 0 Å². The molecule has 1 atom stereocenters. The van der Waals surface area contributed by atoms with Gasteiger partial charge in [0.1, 0.15) is 5.82 Å². The summed E-state index contributed by atoms with van der Waals surface area (Å²) in [5.41, 5.74) is 2.74. The van der Waals surface area contributed by atoms with Gasteiger partial charge in [-0.1, -0.05) is 30.3 Å². The number of nitrogens with zero attached hydrogens (tertiary/aromatic N) is 2. The summed E-state index contributed by atoms with van der Waals surface area (Å²) in [6, 6.07) is 16.1. The lowest BCUT2D eigenvalue weighted by atomic mass is 9.98. The number of thiophene rings is 1. The van der Waals surface area contributed by atoms with E-state index in [1.165, 1.54) is 28.5 Å². The molecule has 0 bridgehead atoms. The Labute approximate surface area is 184 Å². The van der Waals surface area contributed by atoms with Crippen LogP contribution in [0, 0.1) is 5.82 Å². The number of carbonyl (C=O) groups excluding carboxylic acids is 1. The van der Waals surface area contributed by atoms with Gasteiger partial charge in [-0.3, -0.25) is 9.52 Å². The first-order chi connectivity index (χ1) is 14.9. The fraction of sp³-hybridized carbons (Fsp3) is 0.182. The Morgan fingerprint density at radius 1 is 1.16 bits per heavy atom. The number of carbonyl (C=O) groups is 1. The van der Waals surface area contributed by atoms with Gasteiger partial charge in [-0.15, -0.1) is 11.3 Å². The van der Waals surface area contributed by atoms with Gasteiger partial charge in [0, 0.05) is 12.1 Å². The van der Waals surface area contributed by atoms with E-state index in [2.05, 4.69) is 9.82 Å². The molecule has 0 aliphatic carbocycles. The Balaban J connectivity index is 1.64. The first kappa shape index (κ1) is 21.2. The lowest BCUT2D eigenvalue weighted by Crippen LogP contribution is -2.26. The summed E-state index contributed by atoms with van der Waals surface area (Å²) >= 11 is 1.34. The summed E-state index contributed by atoms with van der Waals surface area (Å²) in [5.74, 6) is -0.573. The molecule has 1 aliphatic rings. The number of hydrazone groups is 1. The lowest BCUT2D eigenvalue weighted by Gasteiger charge is -2.21. The average molecular weight is 458 g/mol. The predicted octanol–water partition coefficient (Wildman–Crippen LogP) is 4.64. The van der Waals surface area contributed by atoms with Crippen molar-refractivity contribution in [2.75, 3.05) is 10.5 Å². The maximum absolute atomic E-state index is 13.4. The Kier molecular flexibility index (Phi) is 5.88. The molecule has 0 saturated carbocycles. The molecule has 1 aromatic heterocycles. The predicted molar refractivity (Wildman–Crippen MR) is 120 cm³/mol. The Bertz CT molecular complexity index is 1210. The summed E-state index contributed by atoms with van der Waals surface area (Å²) in [5, 5.41) is 7.87. The van der Waals surface area contributed by atoms with Crippen LogP contribution in [0.5, 0.6) is 0 Å². The molecule has 160 valence electrons. The number of rotatable bonds is 6. The van der Waals surface area contributed by atoms with Gasteiger partial charge in [-0.2, -0.15) is 5.10 Å². The molecule has 0 spiro atoms. The number of benzene rings is 2. The normalized spacial score (nSPS) is 16.3. The molecule has 0 saturated heterocycles. The molecule has 4 rings (SSSR count). The van der Waals surface area contributed by atoms with Crippen molar-refractivity contribution in [1.82, 2.24) is 5.01 Å². The third-order valence-corrected chi connectivity index (χ3v) is 7.14. The zero-order valence-electron chi connectivity index (χ0n) is 16.7. The molecule has 1 amide bonds. The van der Waals surface area contributed by atoms with Crippen molar-refractivity contribution in [1.29, 1.82) is 0 Å². The van der Waals surface area contributed by atoms with E-state index in [4.69, 9.17) is 0 Å². The van der Waals surface area contributed by atoms with E-state index in [1.54, 1.807) is 49.4 Å². The van der Waals surface area contributed by atoms with E-state index in [9.17, 15) is 17.6 Å². The van der Waals surface area contributed by atoms with Crippen LogP contribution >= 0.6 is 11.3 Å². The van der Waals surface area contributed by atoms with Gasteiger partial charge in [0.25, 0.3) is 5.91 Å². The highest BCUT2D eigenvalue weighted by atomic mass is 32.2. The van der Waals surface area contributed by atoms with Crippen molar-refractivity contribution >= 4 is 38.7 Å². The molecule has 0 unspecified atom stereocenters. The molecule has 0 radical (unpaired) electrons. The molecule has 3 aromatic rings. The first-order valence-electron chi connectivity index (χ1n) is 9.67. The minimum absolute atomic E-state index is 0.0133. The standard InChI is InChI=1S/C22H20FN3O3S2/c1-2-31(28,29)25-18-11-7-15(8-12-18)19-14-20(16-5-9-17(23)10-6-16)26(24-19)22(27)21-4-3-13-30-21/h3-13,20,25H,2,14H2,1H3/t20-/m0/s1. The highest BCUT2D eigenvalue weighted by Gasteiger charge is 2.34. The number of hydrogen-bond donors (Lipinski definition) is 1. The molecule has 2 aromatic carbocycles. The second kappa shape index (κ2) is 8.60. The molecule has 31 heavy (non-hydrogen) atoms. The summed E-state index contributed by atoms with van der Waals surface area (Å²) in [6.45, 7) is 1.57. The molecule has 6 nitrogen and oxygen atoms in total. The van der Waals surface area contributed by atoms with E-state index in [-0.39, 0.29) is 23.5 Å². The van der Waals surface area contributed by atoms with Gasteiger partial charge >= 0.3 is 0 Å². The fourth-order valence-electron chi connectivity index (χ4n) is 3.31. The first-order valence-corrected chi connectivity index (χ1v) is 12.2. The second-order valence-corrected chi connectivity index (χ2v) is 9.99. The quantitative estimate of drug-likeness (QED) is 0.586. The summed E-state index contributed by atoms with van der Waals surface area (Å²) < 4.78 is 39.4. The number of sulfonamides is 1. The molecule has 9 heteroatoms. The van der Waals surface area contributed by atoms with Crippen molar-refractivity contribution in [2.24, 2.45) is 5.10 Å². The van der Waals surface area contributed by atoms with Crippen LogP contribution in [0.3, 0.4) is 0 Å². The van der Waals surface area contributed by atoms with Crippen molar-refractivity contribution in [3.63, 3.8) is 0 Å². The van der Waals surface area contributed by atoms with E-state index in [0.717, 1.165) is 11.1 Å². The number of nitrogens with one attached hydrogen (secondary N) is 1. The van der Waals surface area contributed by atoms with E-state index in [1.807, 2.05) is 11.4 Å². The Morgan fingerprint density at radius 3 is 2.48 bits per heavy atom. The summed E-state index contributed by atoms with van der Waals surface area (Å²) in [4.78, 5) is 13.6. The van der Waals surface area contributed by atoms with Crippen LogP contribution in [0.1, 0.15) is 40.2 Å². The fourth-order valence-corrected chi connectivity index (χ4v) is 4.61. The maximum Gasteiger partial charge on any atom is 0.284 e. The molecule has 0 fully saturated rings. The highest BCUT2D eigenvalue weighted by molar-refractivity contribution is 7.92. The van der Waals surface area contributed by atoms with Gasteiger partial charge in [-0.25, -0.2) is 17.8 Å². The number of amides is 1. The van der Waals surface area contributed by atoms with E-state index < -0.39 is 10.0 Å². The molecular weight excluding hydrogens is 437 g/mol. The third-order valence-electron chi connectivity index (χ3n) is 4.98. The third kappa shape index (κ3) is 4.67. The van der Waals surface area contributed by atoms with Crippen molar-refractivity contribution in [2.45, 2.75) is 19.4 Å². The monoisotopic (exact) mass is 457 g/mol. The molecule has 1 N–H and O–H groups in total. The topological polar surface area (TPSA) is 78.8 Å². The zero-order valence-corrected chi connectivity index (χ0v) is 18.3. The van der Waals surface area contributed by atoms with Crippen LogP contribution in [0.15, 0.2) is 71.1 Å². The highest BCUT2D eigenvalue weighted by Crippen LogP contribution is 2.34. The Morgan fingerprint density at radius 2 is 1.87 bits per heavy atom. The Hall–Kier alpha value is -3.04. The number of halogens is 1. The van der Waals surface area contributed by atoms with Crippen LogP contribution in [0.25, 0.3) is 0 Å². The molecular formula is C22H20FN3O3S2. The van der Waals surface area contributed by atoms with Gasteiger partial charge in [0.05, 0.1) is 22.4 Å². The van der Waals surface area contributed by atoms with Crippen LogP contribution < -0.4 is 4.72 Å². The lowest BCUT2D eigenvalue weighted by molar-refractivity contribution is 0.0716. The van der Waals surface area contributed by atoms with E-state index in [0.29, 0.717) is 22.7 Å². The van der Waals surface area contributed by atoms with Crippen LogP contribution in [0.4, 0.5) is 10.1 Å². The van der Waals surface area contributed by atoms with Gasteiger partial charge < -0.3 is 0 Å². The summed E-state index contributed by atoms with van der Waals surface area (Å²) in [6.07, 6.45) is 0.461. The van der Waals surface area contributed by atoms with Crippen LogP contribution in [0.2, 0.25) is 0 Å². The molecule has 1 aliphatic heterocycles. The number of anilines is 1. The number of hydrogen-bond acceptors (Lipinski definition) is 5. The van der Waals surface area contributed by atoms with Crippen LogP contribution in [-0.2, 0) is 10.0 Å². The minimum Gasteiger partial charge on any atom is -0.284 e. The van der Waals surface area contributed by atoms with Crippen molar-refractivity contribution < 1.29 is 17.6 Å². The van der Waals surface area contributed by atoms with Crippen LogP contribution in [-0.4, -0.2) is 30.8 Å². The van der Waals surface area contributed by atoms with Crippen molar-refractivity contribution in [3.05, 3.63) is 87.9 Å².